The number of piperidine rings is 1. The van der Waals surface area contributed by atoms with E-state index in [0.29, 0.717) is 19.1 Å². The molecule has 1 saturated heterocycles. The van der Waals surface area contributed by atoms with Crippen LogP contribution in [-0.2, 0) is 9.59 Å². The van der Waals surface area contributed by atoms with Crippen LogP contribution in [0.5, 0.6) is 0 Å². The quantitative estimate of drug-likeness (QED) is 0.279. The second kappa shape index (κ2) is 16.2. The van der Waals surface area contributed by atoms with Crippen molar-refractivity contribution in [3.8, 4) is 0 Å². The number of nitrogens with zero attached hydrogens (tertiary/aromatic N) is 4. The minimum absolute atomic E-state index is 0.0150. The molecule has 0 aliphatic carbocycles. The molecular formula is C34H44F6N6O2. The van der Waals surface area contributed by atoms with Gasteiger partial charge in [0, 0.05) is 68.3 Å². The summed E-state index contributed by atoms with van der Waals surface area (Å²) < 4.78 is 81.1. The van der Waals surface area contributed by atoms with E-state index >= 15 is 0 Å². The highest BCUT2D eigenvalue weighted by atomic mass is 19.4. The minimum atomic E-state index is -4.70. The standard InChI is InChI=1S/C34H44F6N6O2/c1-44(2)25-15-19-46(20-16-25)22-42-31(47)26(13-17-33(35,36)37)27(14-18-34(38,39)40)32(48)43-30-29(23-9-5-4-6-10-23)45(3)28-12-8-7-11-24(28)21-41-30/h4-12,21,25-27,29-30H,13-20,22H2,1-3H3,(H,42,47)(H,43,48)/t26-,27+,29?,30+/m0/s1. The number of anilines is 1. The van der Waals surface area contributed by atoms with Crippen molar-refractivity contribution in [1.29, 1.82) is 0 Å². The summed E-state index contributed by atoms with van der Waals surface area (Å²) in [5.74, 6) is -5.20. The number of aliphatic imine (C=N–C) groups is 1. The number of fused-ring (bicyclic) bond motifs is 1. The number of carbonyl (C=O) groups is 2. The largest absolute Gasteiger partial charge is 0.389 e. The molecule has 8 nitrogen and oxygen atoms in total. The summed E-state index contributed by atoms with van der Waals surface area (Å²) >= 11 is 0. The number of alkyl halides is 6. The molecule has 264 valence electrons. The van der Waals surface area contributed by atoms with Crippen LogP contribution in [0.3, 0.4) is 0 Å². The van der Waals surface area contributed by atoms with Gasteiger partial charge in [0.25, 0.3) is 0 Å². The molecule has 2 aliphatic heterocycles. The monoisotopic (exact) mass is 682 g/mol. The number of nitrogens with one attached hydrogen (secondary N) is 2. The predicted molar refractivity (Wildman–Crippen MR) is 172 cm³/mol. The third kappa shape index (κ3) is 10.4. The average Bonchev–Trinajstić information content (AvgIpc) is 3.17. The molecule has 1 fully saturated rings. The van der Waals surface area contributed by atoms with E-state index in [9.17, 15) is 35.9 Å². The summed E-state index contributed by atoms with van der Waals surface area (Å²) in [7, 11) is 5.74. The zero-order valence-corrected chi connectivity index (χ0v) is 27.4. The lowest BCUT2D eigenvalue weighted by Gasteiger charge is -2.36. The highest BCUT2D eigenvalue weighted by Crippen LogP contribution is 2.36. The summed E-state index contributed by atoms with van der Waals surface area (Å²) in [5, 5.41) is 5.38. The van der Waals surface area contributed by atoms with Crippen molar-refractivity contribution >= 4 is 23.7 Å². The van der Waals surface area contributed by atoms with Gasteiger partial charge in [-0.05, 0) is 51.4 Å². The van der Waals surface area contributed by atoms with Gasteiger partial charge in [0.1, 0.15) is 6.17 Å². The number of likely N-dealkylation sites (N-methyl/N-ethyl adjacent to an activating group) is 1. The molecule has 0 spiro atoms. The minimum Gasteiger partial charge on any atom is -0.363 e. The van der Waals surface area contributed by atoms with Crippen LogP contribution in [0, 0.1) is 11.8 Å². The summed E-state index contributed by atoms with van der Waals surface area (Å²) in [4.78, 5) is 38.1. The van der Waals surface area contributed by atoms with E-state index in [4.69, 9.17) is 0 Å². The van der Waals surface area contributed by atoms with Crippen molar-refractivity contribution in [2.45, 2.75) is 69.1 Å². The molecule has 2 heterocycles. The van der Waals surface area contributed by atoms with Crippen LogP contribution in [0.1, 0.15) is 55.7 Å². The number of benzodiazepines with no additional fused rings is 1. The van der Waals surface area contributed by atoms with E-state index in [1.807, 2.05) is 66.4 Å². The summed E-state index contributed by atoms with van der Waals surface area (Å²) in [6.07, 6.45) is -11.8. The van der Waals surface area contributed by atoms with Crippen molar-refractivity contribution in [2.75, 3.05) is 45.8 Å². The molecule has 2 N–H and O–H groups in total. The Hall–Kier alpha value is -3.65. The van der Waals surface area contributed by atoms with Gasteiger partial charge in [0.05, 0.1) is 12.7 Å². The number of amides is 2. The number of hydrogen-bond donors (Lipinski definition) is 2. The van der Waals surface area contributed by atoms with E-state index in [2.05, 4.69) is 20.5 Å². The van der Waals surface area contributed by atoms with Gasteiger partial charge in [-0.25, -0.2) is 0 Å². The lowest BCUT2D eigenvalue weighted by molar-refractivity contribution is -0.153. The Balaban J connectivity index is 1.61. The predicted octanol–water partition coefficient (Wildman–Crippen LogP) is 5.76. The van der Waals surface area contributed by atoms with E-state index in [-0.39, 0.29) is 6.67 Å². The normalized spacial score (nSPS) is 20.6. The van der Waals surface area contributed by atoms with Gasteiger partial charge in [0.2, 0.25) is 11.8 Å². The molecule has 4 atom stereocenters. The lowest BCUT2D eigenvalue weighted by atomic mass is 9.83. The van der Waals surface area contributed by atoms with Gasteiger partial charge in [-0.3, -0.25) is 19.5 Å². The smallest absolute Gasteiger partial charge is 0.363 e. The second-order valence-electron chi connectivity index (χ2n) is 12.8. The van der Waals surface area contributed by atoms with Gasteiger partial charge in [-0.1, -0.05) is 48.5 Å². The Morgan fingerprint density at radius 3 is 2.02 bits per heavy atom. The number of rotatable bonds is 12. The maximum absolute atomic E-state index is 14.0. The molecule has 2 aliphatic rings. The summed E-state index contributed by atoms with van der Waals surface area (Å²) in [6.45, 7) is 1.27. The van der Waals surface area contributed by atoms with Crippen LogP contribution in [0.15, 0.2) is 59.6 Å². The van der Waals surface area contributed by atoms with Crippen LogP contribution >= 0.6 is 0 Å². The second-order valence-corrected chi connectivity index (χ2v) is 12.8. The molecule has 1 unspecified atom stereocenters. The van der Waals surface area contributed by atoms with E-state index in [1.165, 1.54) is 0 Å². The van der Waals surface area contributed by atoms with Gasteiger partial charge in [-0.15, -0.1) is 0 Å². The zero-order chi connectivity index (χ0) is 35.1. The number of hydrogen-bond acceptors (Lipinski definition) is 6. The first kappa shape index (κ1) is 37.2. The molecule has 0 bridgehead atoms. The van der Waals surface area contributed by atoms with Crippen LogP contribution in [0.4, 0.5) is 32.0 Å². The van der Waals surface area contributed by atoms with Crippen molar-refractivity contribution in [2.24, 2.45) is 16.8 Å². The number of carbonyl (C=O) groups excluding carboxylic acids is 2. The third-order valence-corrected chi connectivity index (χ3v) is 9.24. The fourth-order valence-electron chi connectivity index (χ4n) is 6.53. The fraction of sp³-hybridized carbons (Fsp3) is 0.559. The topological polar surface area (TPSA) is 80.3 Å². The summed E-state index contributed by atoms with van der Waals surface area (Å²) in [6, 6.07) is 16.1. The molecule has 0 radical (unpaired) electrons. The van der Waals surface area contributed by atoms with Crippen molar-refractivity contribution in [3.63, 3.8) is 0 Å². The maximum Gasteiger partial charge on any atom is 0.389 e. The number of para-hydroxylation sites is 1. The molecule has 2 aromatic rings. The van der Waals surface area contributed by atoms with E-state index in [1.54, 1.807) is 25.4 Å². The highest BCUT2D eigenvalue weighted by Gasteiger charge is 2.42. The molecule has 48 heavy (non-hydrogen) atoms. The van der Waals surface area contributed by atoms with Crippen molar-refractivity contribution in [3.05, 3.63) is 65.7 Å². The SMILES string of the molecule is CN(C)C1CCN(CNC(=O)[C@@H](CCC(F)(F)F)[C@@H](CCC(F)(F)F)C(=O)N[C@H]2N=Cc3ccccc3N(C)C2c2ccccc2)CC1. The number of benzene rings is 2. The highest BCUT2D eigenvalue weighted by molar-refractivity contribution is 5.90. The fourth-order valence-corrected chi connectivity index (χ4v) is 6.53. The first-order valence-corrected chi connectivity index (χ1v) is 16.1. The average molecular weight is 683 g/mol. The number of halogens is 6. The Labute approximate surface area is 277 Å². The molecule has 4 rings (SSSR count). The number of likely N-dealkylation sites (tertiary alicyclic amines) is 1. The molecule has 0 aromatic heterocycles. The first-order chi connectivity index (χ1) is 22.6. The Kier molecular flexibility index (Phi) is 12.5. The first-order valence-electron chi connectivity index (χ1n) is 16.1. The van der Waals surface area contributed by atoms with Crippen LogP contribution < -0.4 is 15.5 Å². The Bertz CT molecular complexity index is 1380. The van der Waals surface area contributed by atoms with Gasteiger partial charge >= 0.3 is 12.4 Å². The van der Waals surface area contributed by atoms with Crippen LogP contribution in [0.2, 0.25) is 0 Å². The molecule has 14 heteroatoms. The molecule has 2 aromatic carbocycles. The third-order valence-electron chi connectivity index (χ3n) is 9.24. The van der Waals surface area contributed by atoms with Crippen molar-refractivity contribution in [1.82, 2.24) is 20.4 Å². The molecular weight excluding hydrogens is 638 g/mol. The van der Waals surface area contributed by atoms with E-state index < -0.39 is 73.9 Å². The van der Waals surface area contributed by atoms with Crippen LogP contribution in [-0.4, -0.2) is 93.3 Å². The Morgan fingerprint density at radius 2 is 1.44 bits per heavy atom. The van der Waals surface area contributed by atoms with Crippen LogP contribution in [0.25, 0.3) is 0 Å². The van der Waals surface area contributed by atoms with Crippen molar-refractivity contribution < 1.29 is 35.9 Å². The lowest BCUT2D eigenvalue weighted by Crippen LogP contribution is -2.51. The van der Waals surface area contributed by atoms with Gasteiger partial charge in [0.15, 0.2) is 0 Å². The van der Waals surface area contributed by atoms with Gasteiger partial charge < -0.3 is 20.4 Å². The molecule has 0 saturated carbocycles. The Morgan fingerprint density at radius 1 is 0.875 bits per heavy atom. The summed E-state index contributed by atoms with van der Waals surface area (Å²) in [5.41, 5.74) is 2.27. The zero-order valence-electron chi connectivity index (χ0n) is 27.4. The maximum atomic E-state index is 14.0. The van der Waals surface area contributed by atoms with E-state index in [0.717, 1.165) is 29.7 Å². The van der Waals surface area contributed by atoms with Gasteiger partial charge in [-0.2, -0.15) is 26.3 Å². The molecule has 2 amide bonds.